The third-order valence-electron chi connectivity index (χ3n) is 2.65. The van der Waals surface area contributed by atoms with Crippen molar-refractivity contribution in [2.75, 3.05) is 6.26 Å². The van der Waals surface area contributed by atoms with Crippen molar-refractivity contribution in [2.45, 2.75) is 24.9 Å². The maximum Gasteiger partial charge on any atom is 0.175 e. The van der Waals surface area contributed by atoms with E-state index >= 15 is 0 Å². The van der Waals surface area contributed by atoms with E-state index in [2.05, 4.69) is 10.3 Å². The fourth-order valence-electron chi connectivity index (χ4n) is 1.67. The van der Waals surface area contributed by atoms with Crippen LogP contribution in [0.15, 0.2) is 35.4 Å². The lowest BCUT2D eigenvalue weighted by molar-refractivity contribution is 0.602. The van der Waals surface area contributed by atoms with Crippen molar-refractivity contribution in [2.24, 2.45) is 0 Å². The summed E-state index contributed by atoms with van der Waals surface area (Å²) in [6.07, 6.45) is 3.09. The number of aromatic nitrogens is 1. The summed E-state index contributed by atoms with van der Waals surface area (Å²) in [4.78, 5) is 5.75. The second kappa shape index (κ2) is 5.81. The summed E-state index contributed by atoms with van der Waals surface area (Å²) < 4.78 is 22.6. The van der Waals surface area contributed by atoms with Crippen LogP contribution in [-0.2, 0) is 22.9 Å². The first-order chi connectivity index (χ1) is 8.95. The van der Waals surface area contributed by atoms with Crippen molar-refractivity contribution in [1.29, 1.82) is 0 Å². The Morgan fingerprint density at radius 1 is 1.21 bits per heavy atom. The van der Waals surface area contributed by atoms with Gasteiger partial charge in [0.1, 0.15) is 0 Å². The number of rotatable bonds is 5. The molecule has 0 radical (unpaired) electrons. The molecule has 4 nitrogen and oxygen atoms in total. The van der Waals surface area contributed by atoms with Crippen LogP contribution in [0.3, 0.4) is 0 Å². The Morgan fingerprint density at radius 3 is 2.42 bits per heavy atom. The van der Waals surface area contributed by atoms with Gasteiger partial charge < -0.3 is 5.32 Å². The van der Waals surface area contributed by atoms with E-state index in [9.17, 15) is 8.42 Å². The molecule has 0 saturated carbocycles. The Kier molecular flexibility index (Phi) is 4.34. The molecule has 102 valence electrons. The van der Waals surface area contributed by atoms with Crippen LogP contribution in [0.5, 0.6) is 0 Å². The Hall–Kier alpha value is -1.24. The van der Waals surface area contributed by atoms with E-state index in [1.165, 1.54) is 11.1 Å². The lowest BCUT2D eigenvalue weighted by atomic mass is 10.2. The molecule has 6 heteroatoms. The number of nitrogens with one attached hydrogen (secondary N) is 1. The number of sulfone groups is 1. The highest BCUT2D eigenvalue weighted by Crippen LogP contribution is 2.12. The minimum atomic E-state index is -3.11. The predicted octanol–water partition coefficient (Wildman–Crippen LogP) is 2.14. The van der Waals surface area contributed by atoms with Crippen molar-refractivity contribution in [3.05, 3.63) is 45.9 Å². The number of benzene rings is 1. The molecule has 0 fully saturated rings. The molecule has 2 aromatic rings. The van der Waals surface area contributed by atoms with Crippen molar-refractivity contribution in [3.8, 4) is 0 Å². The van der Waals surface area contributed by atoms with E-state index in [0.29, 0.717) is 11.4 Å². The summed E-state index contributed by atoms with van der Waals surface area (Å²) in [5.41, 5.74) is 1.06. The van der Waals surface area contributed by atoms with E-state index in [0.717, 1.165) is 17.1 Å². The molecule has 2 rings (SSSR count). The van der Waals surface area contributed by atoms with Crippen LogP contribution in [-0.4, -0.2) is 19.7 Å². The van der Waals surface area contributed by atoms with Crippen LogP contribution in [0.1, 0.15) is 15.4 Å². The first-order valence-corrected chi connectivity index (χ1v) is 8.57. The third-order valence-corrected chi connectivity index (χ3v) is 4.69. The van der Waals surface area contributed by atoms with Gasteiger partial charge in [-0.3, -0.25) is 0 Å². The minimum Gasteiger partial charge on any atom is -0.308 e. The third kappa shape index (κ3) is 4.12. The van der Waals surface area contributed by atoms with E-state index in [1.54, 1.807) is 23.5 Å². The van der Waals surface area contributed by atoms with Gasteiger partial charge in [-0.15, -0.1) is 11.3 Å². The van der Waals surface area contributed by atoms with Crippen LogP contribution in [0.2, 0.25) is 0 Å². The Morgan fingerprint density at radius 2 is 1.89 bits per heavy atom. The van der Waals surface area contributed by atoms with Gasteiger partial charge in [0.15, 0.2) is 9.84 Å². The lowest BCUT2D eigenvalue weighted by Gasteiger charge is -2.04. The highest BCUT2D eigenvalue weighted by Gasteiger charge is 2.05. The topological polar surface area (TPSA) is 59.1 Å². The average molecular weight is 296 g/mol. The minimum absolute atomic E-state index is 0.356. The number of nitrogens with zero attached hydrogens (tertiary/aromatic N) is 1. The van der Waals surface area contributed by atoms with Crippen molar-refractivity contribution >= 4 is 21.2 Å². The number of hydrogen-bond acceptors (Lipinski definition) is 5. The zero-order valence-corrected chi connectivity index (χ0v) is 12.5. The smallest absolute Gasteiger partial charge is 0.175 e. The van der Waals surface area contributed by atoms with Gasteiger partial charge in [-0.2, -0.15) is 0 Å². The van der Waals surface area contributed by atoms with E-state index in [-0.39, 0.29) is 0 Å². The van der Waals surface area contributed by atoms with Gasteiger partial charge in [0, 0.05) is 30.4 Å². The fourth-order valence-corrected chi connectivity index (χ4v) is 3.07. The zero-order chi connectivity index (χ0) is 13.9. The molecule has 0 spiro atoms. The summed E-state index contributed by atoms with van der Waals surface area (Å²) in [7, 11) is -3.11. The van der Waals surface area contributed by atoms with Crippen LogP contribution < -0.4 is 5.32 Å². The Balaban J connectivity index is 1.90. The average Bonchev–Trinajstić information content (AvgIpc) is 2.75. The summed E-state index contributed by atoms with van der Waals surface area (Å²) in [6.45, 7) is 3.47. The standard InChI is InChI=1S/C13H16N2O2S2/c1-10-15-9-12(18-10)8-14-7-11-3-5-13(6-4-11)19(2,16)17/h3-6,9,14H,7-8H2,1-2H3. The molecule has 0 aliphatic rings. The largest absolute Gasteiger partial charge is 0.308 e. The van der Waals surface area contributed by atoms with Crippen LogP contribution >= 0.6 is 11.3 Å². The van der Waals surface area contributed by atoms with Gasteiger partial charge in [-0.1, -0.05) is 12.1 Å². The molecular formula is C13H16N2O2S2. The maximum atomic E-state index is 11.3. The highest BCUT2D eigenvalue weighted by molar-refractivity contribution is 7.90. The molecule has 0 saturated heterocycles. The molecule has 1 N–H and O–H groups in total. The molecule has 0 atom stereocenters. The fraction of sp³-hybridized carbons (Fsp3) is 0.308. The second-order valence-corrected chi connectivity index (χ2v) is 7.70. The first-order valence-electron chi connectivity index (χ1n) is 5.86. The summed E-state index contributed by atoms with van der Waals surface area (Å²) in [5, 5.41) is 4.37. The van der Waals surface area contributed by atoms with Gasteiger partial charge in [-0.25, -0.2) is 13.4 Å². The summed E-state index contributed by atoms with van der Waals surface area (Å²) in [5.74, 6) is 0. The Labute approximate surface area is 117 Å². The molecule has 0 unspecified atom stereocenters. The van der Waals surface area contributed by atoms with Gasteiger partial charge >= 0.3 is 0 Å². The van der Waals surface area contributed by atoms with Crippen molar-refractivity contribution in [1.82, 2.24) is 10.3 Å². The number of thiazole rings is 1. The monoisotopic (exact) mass is 296 g/mol. The van der Waals surface area contributed by atoms with Crippen molar-refractivity contribution in [3.63, 3.8) is 0 Å². The van der Waals surface area contributed by atoms with Gasteiger partial charge in [0.25, 0.3) is 0 Å². The molecule has 1 aromatic heterocycles. The van der Waals surface area contributed by atoms with Crippen LogP contribution in [0.4, 0.5) is 0 Å². The van der Waals surface area contributed by atoms with Gasteiger partial charge in [-0.05, 0) is 24.6 Å². The maximum absolute atomic E-state index is 11.3. The highest BCUT2D eigenvalue weighted by atomic mass is 32.2. The molecule has 1 aromatic carbocycles. The second-order valence-electron chi connectivity index (χ2n) is 4.37. The summed E-state index contributed by atoms with van der Waals surface area (Å²) in [6, 6.07) is 6.95. The number of hydrogen-bond donors (Lipinski definition) is 1. The SMILES string of the molecule is Cc1ncc(CNCc2ccc(S(C)(=O)=O)cc2)s1. The van der Waals surface area contributed by atoms with E-state index in [4.69, 9.17) is 0 Å². The van der Waals surface area contributed by atoms with Gasteiger partial charge in [0.05, 0.1) is 9.90 Å². The number of aryl methyl sites for hydroxylation is 1. The van der Waals surface area contributed by atoms with E-state index < -0.39 is 9.84 Å². The van der Waals surface area contributed by atoms with E-state index in [1.807, 2.05) is 25.3 Å². The molecule has 19 heavy (non-hydrogen) atoms. The molecule has 0 aliphatic carbocycles. The lowest BCUT2D eigenvalue weighted by Crippen LogP contribution is -2.11. The van der Waals surface area contributed by atoms with Crippen LogP contribution in [0, 0.1) is 6.92 Å². The molecule has 0 amide bonds. The summed E-state index contributed by atoms with van der Waals surface area (Å²) >= 11 is 1.68. The quantitative estimate of drug-likeness (QED) is 0.918. The first kappa shape index (κ1) is 14.2. The van der Waals surface area contributed by atoms with Gasteiger partial charge in [0.2, 0.25) is 0 Å². The molecule has 1 heterocycles. The zero-order valence-electron chi connectivity index (χ0n) is 10.9. The molecular weight excluding hydrogens is 280 g/mol. The van der Waals surface area contributed by atoms with Crippen LogP contribution in [0.25, 0.3) is 0 Å². The van der Waals surface area contributed by atoms with Crippen molar-refractivity contribution < 1.29 is 8.42 Å². The Bertz CT molecular complexity index is 646. The molecule has 0 aliphatic heterocycles. The molecule has 0 bridgehead atoms. The normalized spacial score (nSPS) is 11.7. The predicted molar refractivity (Wildman–Crippen MR) is 76.9 cm³/mol.